The van der Waals surface area contributed by atoms with E-state index in [1.165, 1.54) is 6.07 Å². The van der Waals surface area contributed by atoms with Crippen molar-refractivity contribution in [3.05, 3.63) is 57.6 Å². The molecular formula is C21H26Cl2N2O4S. The third-order valence-electron chi connectivity index (χ3n) is 4.23. The molecule has 0 aliphatic carbocycles. The van der Waals surface area contributed by atoms with Gasteiger partial charge in [-0.3, -0.25) is 9.10 Å². The third-order valence-corrected chi connectivity index (χ3v) is 5.97. The molecular weight excluding hydrogens is 447 g/mol. The number of rotatable bonds is 10. The summed E-state index contributed by atoms with van der Waals surface area (Å²) in [6, 6.07) is 10.6. The summed E-state index contributed by atoms with van der Waals surface area (Å²) in [5, 5.41) is 3.43. The van der Waals surface area contributed by atoms with E-state index >= 15 is 0 Å². The van der Waals surface area contributed by atoms with Gasteiger partial charge < -0.3 is 10.1 Å². The first kappa shape index (κ1) is 24.3. The fourth-order valence-electron chi connectivity index (χ4n) is 2.99. The molecule has 2 rings (SSSR count). The van der Waals surface area contributed by atoms with Crippen molar-refractivity contribution in [2.45, 2.75) is 26.7 Å². The zero-order valence-corrected chi connectivity index (χ0v) is 19.6. The van der Waals surface area contributed by atoms with Gasteiger partial charge in [0, 0.05) is 18.0 Å². The van der Waals surface area contributed by atoms with Crippen LogP contribution in [0, 0.1) is 13.8 Å². The van der Waals surface area contributed by atoms with Crippen molar-refractivity contribution in [2.24, 2.45) is 0 Å². The van der Waals surface area contributed by atoms with E-state index in [4.69, 9.17) is 27.9 Å². The summed E-state index contributed by atoms with van der Waals surface area (Å²) in [6.07, 6.45) is 1.60. The molecule has 0 fully saturated rings. The van der Waals surface area contributed by atoms with E-state index in [1.807, 2.05) is 26.0 Å². The van der Waals surface area contributed by atoms with Crippen LogP contribution in [0.5, 0.6) is 5.75 Å². The maximum absolute atomic E-state index is 12.2. The van der Waals surface area contributed by atoms with Gasteiger partial charge in [0.05, 0.1) is 23.5 Å². The van der Waals surface area contributed by atoms with Gasteiger partial charge in [-0.2, -0.15) is 0 Å². The number of anilines is 1. The maximum Gasteiger partial charge on any atom is 0.232 e. The number of halogens is 2. The summed E-state index contributed by atoms with van der Waals surface area (Å²) in [4.78, 5) is 12.1. The van der Waals surface area contributed by atoms with Crippen molar-refractivity contribution >= 4 is 44.8 Å². The molecule has 2 aromatic rings. The summed E-state index contributed by atoms with van der Waals surface area (Å²) < 4.78 is 31.2. The number of benzene rings is 2. The van der Waals surface area contributed by atoms with Gasteiger partial charge in [0.2, 0.25) is 15.9 Å². The van der Waals surface area contributed by atoms with Crippen LogP contribution in [-0.2, 0) is 14.8 Å². The van der Waals surface area contributed by atoms with E-state index in [1.54, 1.807) is 12.1 Å². The molecule has 2 aromatic carbocycles. The van der Waals surface area contributed by atoms with Gasteiger partial charge in [0.25, 0.3) is 0 Å². The third kappa shape index (κ3) is 7.70. The zero-order chi connectivity index (χ0) is 22.3. The van der Waals surface area contributed by atoms with E-state index in [0.29, 0.717) is 30.3 Å². The predicted octanol–water partition coefficient (Wildman–Crippen LogP) is 4.35. The lowest BCUT2D eigenvalue weighted by Gasteiger charge is -2.23. The van der Waals surface area contributed by atoms with E-state index in [2.05, 4.69) is 11.4 Å². The van der Waals surface area contributed by atoms with Gasteiger partial charge in [-0.1, -0.05) is 29.3 Å². The second kappa shape index (κ2) is 10.9. The zero-order valence-electron chi connectivity index (χ0n) is 17.2. The highest BCUT2D eigenvalue weighted by molar-refractivity contribution is 7.92. The highest BCUT2D eigenvalue weighted by Gasteiger charge is 2.20. The van der Waals surface area contributed by atoms with Gasteiger partial charge in [0.1, 0.15) is 12.4 Å². The second-order valence-electron chi connectivity index (χ2n) is 7.06. The van der Waals surface area contributed by atoms with Gasteiger partial charge in [-0.05, 0) is 61.7 Å². The Morgan fingerprint density at radius 2 is 1.77 bits per heavy atom. The molecule has 0 saturated carbocycles. The van der Waals surface area contributed by atoms with Gasteiger partial charge in [0.15, 0.2) is 0 Å². The number of carbonyl (C=O) groups excluding carboxylic acids is 1. The number of carbonyl (C=O) groups is 1. The molecule has 1 N–H and O–H groups in total. The number of nitrogens with one attached hydrogen (secondary N) is 1. The SMILES string of the molecule is Cc1cc(C)cc(OCCNC(=O)CCCN(c2cc(Cl)ccc2Cl)S(C)(=O)=O)c1. The fraction of sp³-hybridized carbons (Fsp3) is 0.381. The molecule has 164 valence electrons. The van der Waals surface area contributed by atoms with Crippen molar-refractivity contribution in [2.75, 3.05) is 30.3 Å². The Morgan fingerprint density at radius 3 is 2.40 bits per heavy atom. The summed E-state index contributed by atoms with van der Waals surface area (Å²) >= 11 is 12.1. The lowest BCUT2D eigenvalue weighted by molar-refractivity contribution is -0.121. The highest BCUT2D eigenvalue weighted by Crippen LogP contribution is 2.30. The van der Waals surface area contributed by atoms with Crippen LogP contribution >= 0.6 is 23.2 Å². The largest absolute Gasteiger partial charge is 0.492 e. The average Bonchev–Trinajstić information content (AvgIpc) is 2.63. The van der Waals surface area contributed by atoms with E-state index in [0.717, 1.165) is 27.4 Å². The Balaban J connectivity index is 1.81. The van der Waals surface area contributed by atoms with Gasteiger partial charge in [-0.15, -0.1) is 0 Å². The highest BCUT2D eigenvalue weighted by atomic mass is 35.5. The lowest BCUT2D eigenvalue weighted by Crippen LogP contribution is -2.33. The first-order valence-electron chi connectivity index (χ1n) is 9.47. The standard InChI is InChI=1S/C21H26Cl2N2O4S/c1-15-11-16(2)13-18(12-15)29-10-8-24-21(26)5-4-9-25(30(3,27)28)20-14-17(22)6-7-19(20)23/h6-7,11-14H,4-5,8-10H2,1-3H3,(H,24,26). The molecule has 6 nitrogen and oxygen atoms in total. The normalized spacial score (nSPS) is 11.2. The van der Waals surface area contributed by atoms with Gasteiger partial charge in [-0.25, -0.2) is 8.42 Å². The van der Waals surface area contributed by atoms with Crippen molar-refractivity contribution in [1.29, 1.82) is 0 Å². The molecule has 30 heavy (non-hydrogen) atoms. The van der Waals surface area contributed by atoms with Crippen LogP contribution in [0.15, 0.2) is 36.4 Å². The summed E-state index contributed by atoms with van der Waals surface area (Å²) in [7, 11) is -3.58. The van der Waals surface area contributed by atoms with Crippen LogP contribution < -0.4 is 14.4 Å². The number of hydrogen-bond donors (Lipinski definition) is 1. The Morgan fingerprint density at radius 1 is 1.10 bits per heavy atom. The first-order chi connectivity index (χ1) is 14.1. The number of amides is 1. The van der Waals surface area contributed by atoms with Crippen LogP contribution in [-0.4, -0.2) is 40.3 Å². The van der Waals surface area contributed by atoms with E-state index < -0.39 is 10.0 Å². The fourth-order valence-corrected chi connectivity index (χ4v) is 4.39. The Labute approximate surface area is 188 Å². The quantitative estimate of drug-likeness (QED) is 0.521. The van der Waals surface area contributed by atoms with Crippen LogP contribution in [0.3, 0.4) is 0 Å². The molecule has 0 spiro atoms. The predicted molar refractivity (Wildman–Crippen MR) is 122 cm³/mol. The van der Waals surface area contributed by atoms with Crippen LogP contribution in [0.4, 0.5) is 5.69 Å². The van der Waals surface area contributed by atoms with Crippen molar-refractivity contribution < 1.29 is 17.9 Å². The average molecular weight is 473 g/mol. The monoisotopic (exact) mass is 472 g/mol. The molecule has 0 bridgehead atoms. The van der Waals surface area contributed by atoms with Crippen LogP contribution in [0.2, 0.25) is 10.0 Å². The molecule has 0 radical (unpaired) electrons. The lowest BCUT2D eigenvalue weighted by atomic mass is 10.1. The summed E-state index contributed by atoms with van der Waals surface area (Å²) in [5.74, 6) is 0.591. The Kier molecular flexibility index (Phi) is 8.82. The van der Waals surface area contributed by atoms with Crippen molar-refractivity contribution in [3.63, 3.8) is 0 Å². The number of sulfonamides is 1. The number of ether oxygens (including phenoxy) is 1. The molecule has 0 aromatic heterocycles. The van der Waals surface area contributed by atoms with Crippen molar-refractivity contribution in [1.82, 2.24) is 5.32 Å². The van der Waals surface area contributed by atoms with E-state index in [9.17, 15) is 13.2 Å². The number of aryl methyl sites for hydroxylation is 2. The molecule has 0 aliphatic rings. The topological polar surface area (TPSA) is 75.7 Å². The van der Waals surface area contributed by atoms with Crippen molar-refractivity contribution in [3.8, 4) is 5.75 Å². The van der Waals surface area contributed by atoms with Gasteiger partial charge >= 0.3 is 0 Å². The molecule has 0 atom stereocenters. The Hall–Kier alpha value is -1.96. The molecule has 0 heterocycles. The van der Waals surface area contributed by atoms with E-state index in [-0.39, 0.29) is 23.9 Å². The molecule has 0 unspecified atom stereocenters. The molecule has 1 amide bonds. The first-order valence-corrected chi connectivity index (χ1v) is 12.1. The summed E-state index contributed by atoms with van der Waals surface area (Å²) in [6.45, 7) is 4.82. The maximum atomic E-state index is 12.2. The molecule has 0 saturated heterocycles. The van der Waals surface area contributed by atoms with Crippen LogP contribution in [0.25, 0.3) is 0 Å². The minimum absolute atomic E-state index is 0.116. The minimum atomic E-state index is -3.58. The number of nitrogens with zero attached hydrogens (tertiary/aromatic N) is 1. The molecule has 9 heteroatoms. The smallest absolute Gasteiger partial charge is 0.232 e. The Bertz CT molecular complexity index is 976. The minimum Gasteiger partial charge on any atom is -0.492 e. The second-order valence-corrected chi connectivity index (χ2v) is 9.81. The summed E-state index contributed by atoms with van der Waals surface area (Å²) in [5.41, 5.74) is 2.53. The van der Waals surface area contributed by atoms with Crippen LogP contribution in [0.1, 0.15) is 24.0 Å². The molecule has 0 aliphatic heterocycles. The number of hydrogen-bond acceptors (Lipinski definition) is 4.